The number of hydrogen-bond acceptors (Lipinski definition) is 5. The second kappa shape index (κ2) is 7.77. The average Bonchev–Trinajstić information content (AvgIpc) is 3.28. The van der Waals surface area contributed by atoms with Crippen LogP contribution in [0.3, 0.4) is 0 Å². The summed E-state index contributed by atoms with van der Waals surface area (Å²) >= 11 is 0. The Kier molecular flexibility index (Phi) is 5.44. The van der Waals surface area contributed by atoms with Gasteiger partial charge in [-0.2, -0.15) is 18.3 Å². The van der Waals surface area contributed by atoms with Crippen LogP contribution in [0.2, 0.25) is 0 Å². The van der Waals surface area contributed by atoms with Gasteiger partial charge in [0.1, 0.15) is 11.4 Å². The van der Waals surface area contributed by atoms with Crippen LogP contribution in [0.15, 0.2) is 6.20 Å². The molecule has 3 aliphatic rings. The number of esters is 1. The third kappa shape index (κ3) is 3.88. The first-order chi connectivity index (χ1) is 14.2. The summed E-state index contributed by atoms with van der Waals surface area (Å²) in [5.41, 5.74) is 0.00588. The number of hydrogen-bond donors (Lipinski definition) is 1. The van der Waals surface area contributed by atoms with Crippen LogP contribution in [0, 0.1) is 17.8 Å². The zero-order valence-corrected chi connectivity index (χ0v) is 17.1. The summed E-state index contributed by atoms with van der Waals surface area (Å²) in [7, 11) is 0. The standard InChI is InChI=1S/C20H27F3N4O3/c1-3-30-19(29)14-9-24-27-16(20(21,22)23)8-15(25-17(14)27)12-5-4-6-26(10-12)18(28)13-7-11(13)2/h9,11-13,15-16,25H,3-8,10H2,1-2H3/t11-,12+,13+,15-,16+/m0/s1. The molecule has 1 N–H and O–H groups in total. The number of rotatable bonds is 4. The number of nitrogens with zero attached hydrogens (tertiary/aromatic N) is 3. The van der Waals surface area contributed by atoms with Crippen LogP contribution < -0.4 is 5.32 Å². The number of ether oxygens (including phenoxy) is 1. The Morgan fingerprint density at radius 1 is 1.33 bits per heavy atom. The Bertz CT molecular complexity index is 825. The summed E-state index contributed by atoms with van der Waals surface area (Å²) < 4.78 is 47.3. The molecule has 0 bridgehead atoms. The van der Waals surface area contributed by atoms with E-state index in [1.54, 1.807) is 6.92 Å². The fraction of sp³-hybridized carbons (Fsp3) is 0.750. The molecule has 30 heavy (non-hydrogen) atoms. The number of alkyl halides is 3. The summed E-state index contributed by atoms with van der Waals surface area (Å²) in [4.78, 5) is 26.7. The van der Waals surface area contributed by atoms with E-state index in [1.807, 2.05) is 11.8 Å². The van der Waals surface area contributed by atoms with Crippen molar-refractivity contribution in [2.75, 3.05) is 25.0 Å². The van der Waals surface area contributed by atoms with Gasteiger partial charge in [0.15, 0.2) is 6.04 Å². The topological polar surface area (TPSA) is 76.5 Å². The number of halogens is 3. The van der Waals surface area contributed by atoms with E-state index in [4.69, 9.17) is 4.74 Å². The van der Waals surface area contributed by atoms with Gasteiger partial charge in [-0.3, -0.25) is 4.79 Å². The van der Waals surface area contributed by atoms with Crippen molar-refractivity contribution >= 4 is 17.7 Å². The zero-order valence-electron chi connectivity index (χ0n) is 17.1. The number of amides is 1. The van der Waals surface area contributed by atoms with Crippen LogP contribution in [0.1, 0.15) is 55.9 Å². The highest BCUT2D eigenvalue weighted by atomic mass is 19.4. The highest BCUT2D eigenvalue weighted by Crippen LogP contribution is 2.44. The number of carbonyl (C=O) groups is 2. The van der Waals surface area contributed by atoms with Crippen molar-refractivity contribution in [3.63, 3.8) is 0 Å². The maximum Gasteiger partial charge on any atom is 0.410 e. The van der Waals surface area contributed by atoms with Crippen molar-refractivity contribution in [1.82, 2.24) is 14.7 Å². The molecule has 0 aromatic carbocycles. The summed E-state index contributed by atoms with van der Waals surface area (Å²) in [5, 5.41) is 6.97. The van der Waals surface area contributed by atoms with Gasteiger partial charge in [-0.05, 0) is 44.4 Å². The molecule has 10 heteroatoms. The molecule has 4 rings (SSSR count). The third-order valence-corrected chi connectivity index (χ3v) is 6.53. The molecule has 166 valence electrons. The molecule has 1 amide bonds. The molecule has 1 aromatic rings. The van der Waals surface area contributed by atoms with Gasteiger partial charge in [0.2, 0.25) is 5.91 Å². The van der Waals surface area contributed by atoms with E-state index >= 15 is 0 Å². The predicted octanol–water partition coefficient (Wildman–Crippen LogP) is 3.24. The Labute approximate surface area is 172 Å². The van der Waals surface area contributed by atoms with Gasteiger partial charge in [0.25, 0.3) is 0 Å². The number of piperidine rings is 1. The smallest absolute Gasteiger partial charge is 0.410 e. The molecule has 2 fully saturated rings. The van der Waals surface area contributed by atoms with Gasteiger partial charge < -0.3 is 15.0 Å². The van der Waals surface area contributed by atoms with Crippen molar-refractivity contribution in [2.45, 2.75) is 57.8 Å². The first-order valence-corrected chi connectivity index (χ1v) is 10.6. The molecule has 1 saturated heterocycles. The van der Waals surface area contributed by atoms with Crippen molar-refractivity contribution in [2.24, 2.45) is 17.8 Å². The van der Waals surface area contributed by atoms with Crippen LogP contribution >= 0.6 is 0 Å². The minimum absolute atomic E-state index is 0.00588. The molecular weight excluding hydrogens is 401 g/mol. The van der Waals surface area contributed by atoms with Crippen molar-refractivity contribution in [1.29, 1.82) is 0 Å². The van der Waals surface area contributed by atoms with Gasteiger partial charge in [-0.25, -0.2) is 9.48 Å². The van der Waals surface area contributed by atoms with Gasteiger partial charge in [-0.1, -0.05) is 6.92 Å². The van der Waals surface area contributed by atoms with E-state index < -0.39 is 24.2 Å². The largest absolute Gasteiger partial charge is 0.462 e. The Balaban J connectivity index is 1.57. The molecular formula is C20H27F3N4O3. The Morgan fingerprint density at radius 3 is 2.70 bits per heavy atom. The lowest BCUT2D eigenvalue weighted by Crippen LogP contribution is -2.49. The molecule has 1 aromatic heterocycles. The molecule has 2 aliphatic heterocycles. The number of anilines is 1. The fourth-order valence-corrected chi connectivity index (χ4v) is 4.70. The molecule has 0 spiro atoms. The summed E-state index contributed by atoms with van der Waals surface area (Å²) in [5.74, 6) is -0.208. The predicted molar refractivity (Wildman–Crippen MR) is 102 cm³/mol. The van der Waals surface area contributed by atoms with E-state index in [1.165, 1.54) is 0 Å². The number of nitrogens with one attached hydrogen (secondary N) is 1. The fourth-order valence-electron chi connectivity index (χ4n) is 4.70. The molecule has 1 aliphatic carbocycles. The van der Waals surface area contributed by atoms with Crippen LogP contribution in [0.4, 0.5) is 19.0 Å². The number of fused-ring (bicyclic) bond motifs is 1. The molecule has 1 saturated carbocycles. The minimum atomic E-state index is -4.50. The molecule has 0 unspecified atom stereocenters. The molecule has 3 heterocycles. The maximum atomic E-state index is 13.8. The Hall–Kier alpha value is -2.26. The SMILES string of the molecule is CCOC(=O)c1cnn2c1N[C@H]([C@@H]1CCCN(C(=O)[C@@H]3C[C@@H]3C)C1)C[C@@H]2C(F)(F)F. The normalized spacial score (nSPS) is 31.0. The highest BCUT2D eigenvalue weighted by Gasteiger charge is 2.49. The lowest BCUT2D eigenvalue weighted by Gasteiger charge is -2.41. The lowest BCUT2D eigenvalue weighted by atomic mass is 9.85. The summed E-state index contributed by atoms with van der Waals surface area (Å²) in [6.45, 7) is 4.89. The summed E-state index contributed by atoms with van der Waals surface area (Å²) in [6.07, 6.45) is -1.17. The second-order valence-corrected chi connectivity index (χ2v) is 8.62. The molecule has 5 atom stereocenters. The van der Waals surface area contributed by atoms with Gasteiger partial charge >= 0.3 is 12.1 Å². The van der Waals surface area contributed by atoms with Crippen molar-refractivity contribution < 1.29 is 27.5 Å². The van der Waals surface area contributed by atoms with Crippen molar-refractivity contribution in [3.8, 4) is 0 Å². The van der Waals surface area contributed by atoms with E-state index in [2.05, 4.69) is 10.4 Å². The van der Waals surface area contributed by atoms with E-state index in [9.17, 15) is 22.8 Å². The lowest BCUT2D eigenvalue weighted by molar-refractivity contribution is -0.175. The summed E-state index contributed by atoms with van der Waals surface area (Å²) in [6, 6.07) is -2.34. The minimum Gasteiger partial charge on any atom is -0.462 e. The van der Waals surface area contributed by atoms with E-state index in [0.29, 0.717) is 19.0 Å². The van der Waals surface area contributed by atoms with Crippen LogP contribution in [0.5, 0.6) is 0 Å². The van der Waals surface area contributed by atoms with Gasteiger partial charge in [-0.15, -0.1) is 0 Å². The van der Waals surface area contributed by atoms with Gasteiger partial charge in [0.05, 0.1) is 12.8 Å². The second-order valence-electron chi connectivity index (χ2n) is 8.62. The quantitative estimate of drug-likeness (QED) is 0.745. The number of likely N-dealkylation sites (tertiary alicyclic amines) is 1. The van der Waals surface area contributed by atoms with Crippen LogP contribution in [-0.2, 0) is 9.53 Å². The van der Waals surface area contributed by atoms with Crippen LogP contribution in [-0.4, -0.2) is 58.5 Å². The first-order valence-electron chi connectivity index (χ1n) is 10.6. The maximum absolute atomic E-state index is 13.8. The molecule has 7 nitrogen and oxygen atoms in total. The Morgan fingerprint density at radius 2 is 2.07 bits per heavy atom. The number of carbonyl (C=O) groups excluding carboxylic acids is 2. The van der Waals surface area contributed by atoms with E-state index in [0.717, 1.165) is 30.1 Å². The first kappa shape index (κ1) is 21.0. The van der Waals surface area contributed by atoms with Crippen LogP contribution in [0.25, 0.3) is 0 Å². The van der Waals surface area contributed by atoms with E-state index in [-0.39, 0.29) is 42.2 Å². The average molecular weight is 428 g/mol. The number of aromatic nitrogens is 2. The molecule has 0 radical (unpaired) electrons. The highest BCUT2D eigenvalue weighted by molar-refractivity contribution is 5.94. The van der Waals surface area contributed by atoms with Crippen molar-refractivity contribution in [3.05, 3.63) is 11.8 Å². The van der Waals surface area contributed by atoms with Gasteiger partial charge in [0, 0.05) is 25.0 Å². The third-order valence-electron chi connectivity index (χ3n) is 6.53. The zero-order chi connectivity index (χ0) is 21.6. The monoisotopic (exact) mass is 428 g/mol.